The van der Waals surface area contributed by atoms with Crippen molar-refractivity contribution < 1.29 is 19.0 Å². The number of carbonyl (C=O) groups excluding carboxylic acids is 1. The molecule has 2 rings (SSSR count). The Bertz CT molecular complexity index is 833. The fourth-order valence-electron chi connectivity index (χ4n) is 2.52. The molecule has 0 unspecified atom stereocenters. The van der Waals surface area contributed by atoms with Gasteiger partial charge in [-0.25, -0.2) is 9.18 Å². The lowest BCUT2D eigenvalue weighted by molar-refractivity contribution is 0.0520. The first kappa shape index (κ1) is 18.0. The summed E-state index contributed by atoms with van der Waals surface area (Å²) < 4.78 is 19.5. The molecule has 2 aromatic heterocycles. The molecule has 0 bridgehead atoms. The molecule has 0 saturated heterocycles. The highest BCUT2D eigenvalue weighted by atomic mass is 19.1. The second kappa shape index (κ2) is 6.63. The molecule has 0 radical (unpaired) electrons. The zero-order chi connectivity index (χ0) is 18.1. The van der Waals surface area contributed by atoms with Crippen molar-refractivity contribution in [1.29, 1.82) is 0 Å². The molecule has 0 amide bonds. The molecule has 0 fully saturated rings. The van der Waals surface area contributed by atoms with Crippen LogP contribution >= 0.6 is 0 Å². The minimum atomic E-state index is -0.907. The van der Waals surface area contributed by atoms with Gasteiger partial charge in [0.2, 0.25) is 0 Å². The minimum absolute atomic E-state index is 0.0102. The summed E-state index contributed by atoms with van der Waals surface area (Å²) in [6.07, 6.45) is 2.17. The van der Waals surface area contributed by atoms with Gasteiger partial charge in [-0.3, -0.25) is 9.20 Å². The molecule has 0 aliphatic carbocycles. The van der Waals surface area contributed by atoms with E-state index < -0.39 is 22.9 Å². The average Bonchev–Trinajstić information content (AvgIpc) is 2.47. The van der Waals surface area contributed by atoms with Crippen molar-refractivity contribution >= 4 is 11.5 Å². The van der Waals surface area contributed by atoms with Gasteiger partial charge in [-0.2, -0.15) is 0 Å². The largest absolute Gasteiger partial charge is 0.506 e. The van der Waals surface area contributed by atoms with Crippen LogP contribution in [0.4, 0.5) is 4.39 Å². The Kier molecular flexibility index (Phi) is 4.96. The van der Waals surface area contributed by atoms with Crippen molar-refractivity contribution in [3.63, 3.8) is 0 Å². The third kappa shape index (κ3) is 3.58. The van der Waals surface area contributed by atoms with Crippen molar-refractivity contribution in [2.75, 3.05) is 6.61 Å². The molecule has 2 aromatic rings. The first-order valence-electron chi connectivity index (χ1n) is 7.88. The molecule has 0 saturated carbocycles. The van der Waals surface area contributed by atoms with Crippen molar-refractivity contribution in [3.8, 4) is 5.75 Å². The summed E-state index contributed by atoms with van der Waals surface area (Å²) in [5.74, 6) is -1.89. The summed E-state index contributed by atoms with van der Waals surface area (Å²) in [7, 11) is 0. The fraction of sp³-hybridized carbons (Fsp3) is 0.444. The number of hydrogen-bond acceptors (Lipinski definition) is 4. The number of halogens is 1. The minimum Gasteiger partial charge on any atom is -0.506 e. The molecule has 5 nitrogen and oxygen atoms in total. The topological polar surface area (TPSA) is 68.0 Å². The van der Waals surface area contributed by atoms with Gasteiger partial charge in [0, 0.05) is 11.8 Å². The van der Waals surface area contributed by atoms with Gasteiger partial charge in [-0.15, -0.1) is 0 Å². The first-order chi connectivity index (χ1) is 11.2. The van der Waals surface area contributed by atoms with Gasteiger partial charge in [0.1, 0.15) is 11.6 Å². The molecule has 0 aromatic carbocycles. The smallest absolute Gasteiger partial charge is 0.347 e. The summed E-state index contributed by atoms with van der Waals surface area (Å²) in [4.78, 5) is 24.6. The number of carbonyl (C=O) groups is 1. The molecule has 1 N–H and O–H groups in total. The van der Waals surface area contributed by atoms with Crippen LogP contribution < -0.4 is 5.56 Å². The van der Waals surface area contributed by atoms with Gasteiger partial charge in [-0.1, -0.05) is 20.8 Å². The van der Waals surface area contributed by atoms with E-state index in [1.54, 1.807) is 6.92 Å². The van der Waals surface area contributed by atoms with Crippen molar-refractivity contribution in [2.24, 2.45) is 5.41 Å². The predicted octanol–water partition coefficient (Wildman–Crippen LogP) is 3.30. The molecule has 0 aliphatic heterocycles. The lowest BCUT2D eigenvalue weighted by atomic mass is 9.88. The number of aromatic hydroxyl groups is 1. The van der Waals surface area contributed by atoms with E-state index in [0.717, 1.165) is 10.6 Å². The Morgan fingerprint density at radius 3 is 2.58 bits per heavy atom. The monoisotopic (exact) mass is 335 g/mol. The number of pyridine rings is 2. The van der Waals surface area contributed by atoms with Crippen LogP contribution in [0.15, 0.2) is 23.1 Å². The number of hydrogen-bond donors (Lipinski definition) is 1. The zero-order valence-electron chi connectivity index (χ0n) is 14.4. The second-order valence-corrected chi connectivity index (χ2v) is 6.89. The number of aromatic nitrogens is 1. The Labute approximate surface area is 139 Å². The molecule has 0 spiro atoms. The van der Waals surface area contributed by atoms with Crippen molar-refractivity contribution in [3.05, 3.63) is 45.6 Å². The number of esters is 1. The maximum absolute atomic E-state index is 13.6. The lowest BCUT2D eigenvalue weighted by Gasteiger charge is -2.20. The van der Waals surface area contributed by atoms with Crippen LogP contribution in [0.25, 0.3) is 5.52 Å². The van der Waals surface area contributed by atoms with Crippen LogP contribution in [0.1, 0.15) is 50.0 Å². The van der Waals surface area contributed by atoms with E-state index in [9.17, 15) is 19.1 Å². The quantitative estimate of drug-likeness (QED) is 0.871. The van der Waals surface area contributed by atoms with Crippen LogP contribution in [-0.2, 0) is 11.2 Å². The number of fused-ring (bicyclic) bond motifs is 1. The van der Waals surface area contributed by atoms with Crippen LogP contribution in [-0.4, -0.2) is 22.1 Å². The van der Waals surface area contributed by atoms with E-state index in [0.29, 0.717) is 23.9 Å². The predicted molar refractivity (Wildman–Crippen MR) is 89.0 cm³/mol. The molecule has 6 heteroatoms. The number of ether oxygens (including phenoxy) is 1. The van der Waals surface area contributed by atoms with Crippen LogP contribution in [0.5, 0.6) is 5.75 Å². The average molecular weight is 335 g/mol. The summed E-state index contributed by atoms with van der Waals surface area (Å²) in [6, 6.07) is 2.65. The third-order valence-electron chi connectivity index (χ3n) is 3.78. The number of nitrogens with zero attached hydrogens (tertiary/aromatic N) is 1. The number of aryl methyl sites for hydroxylation is 1. The summed E-state index contributed by atoms with van der Waals surface area (Å²) >= 11 is 0. The fourth-order valence-corrected chi connectivity index (χ4v) is 2.52. The maximum atomic E-state index is 13.6. The van der Waals surface area contributed by atoms with E-state index in [4.69, 9.17) is 4.74 Å². The van der Waals surface area contributed by atoms with Gasteiger partial charge >= 0.3 is 5.97 Å². The van der Waals surface area contributed by atoms with Crippen molar-refractivity contribution in [2.45, 2.75) is 40.5 Å². The molecule has 24 heavy (non-hydrogen) atoms. The standard InChI is InChI=1S/C18H22FNO4/c1-5-24-17(23)14-15(21)12(8-9-18(2,3)4)13-7-6-11(19)10-20(13)16(14)22/h6-7,10,21H,5,8-9H2,1-4H3. The van der Waals surface area contributed by atoms with Gasteiger partial charge < -0.3 is 9.84 Å². The van der Waals surface area contributed by atoms with Crippen LogP contribution in [0.2, 0.25) is 0 Å². The Morgan fingerprint density at radius 1 is 1.33 bits per heavy atom. The van der Waals surface area contributed by atoms with Gasteiger partial charge in [0.05, 0.1) is 12.1 Å². The Balaban J connectivity index is 2.74. The summed E-state index contributed by atoms with van der Waals surface area (Å²) in [5.41, 5.74) is -0.434. The van der Waals surface area contributed by atoms with Gasteiger partial charge in [0.15, 0.2) is 5.56 Å². The molecule has 0 aliphatic rings. The molecule has 2 heterocycles. The molecular weight excluding hydrogens is 313 g/mol. The highest BCUT2D eigenvalue weighted by Crippen LogP contribution is 2.30. The zero-order valence-corrected chi connectivity index (χ0v) is 14.4. The van der Waals surface area contributed by atoms with Crippen LogP contribution in [0.3, 0.4) is 0 Å². The van der Waals surface area contributed by atoms with Crippen LogP contribution in [0, 0.1) is 11.2 Å². The highest BCUT2D eigenvalue weighted by Gasteiger charge is 2.25. The van der Waals surface area contributed by atoms with E-state index in [1.807, 2.05) is 20.8 Å². The second-order valence-electron chi connectivity index (χ2n) is 6.89. The Hall–Kier alpha value is -2.37. The number of rotatable bonds is 4. The highest BCUT2D eigenvalue weighted by molar-refractivity contribution is 5.93. The maximum Gasteiger partial charge on any atom is 0.347 e. The first-order valence-corrected chi connectivity index (χ1v) is 7.88. The van der Waals surface area contributed by atoms with E-state index in [2.05, 4.69) is 0 Å². The lowest BCUT2D eigenvalue weighted by Crippen LogP contribution is -2.25. The summed E-state index contributed by atoms with van der Waals surface area (Å²) in [6.45, 7) is 7.82. The van der Waals surface area contributed by atoms with E-state index in [-0.39, 0.29) is 17.8 Å². The normalized spacial score (nSPS) is 11.7. The Morgan fingerprint density at radius 2 is 2.00 bits per heavy atom. The third-order valence-corrected chi connectivity index (χ3v) is 3.78. The van der Waals surface area contributed by atoms with Gasteiger partial charge in [0.25, 0.3) is 5.56 Å². The molecule has 130 valence electrons. The molecular formula is C18H22FNO4. The summed E-state index contributed by atoms with van der Waals surface area (Å²) in [5, 5.41) is 10.5. The van der Waals surface area contributed by atoms with E-state index in [1.165, 1.54) is 12.1 Å². The van der Waals surface area contributed by atoms with Gasteiger partial charge in [-0.05, 0) is 37.3 Å². The van der Waals surface area contributed by atoms with Crippen molar-refractivity contribution in [1.82, 2.24) is 4.40 Å². The SMILES string of the molecule is CCOC(=O)c1c(O)c(CCC(C)(C)C)c2ccc(F)cn2c1=O. The molecule has 0 atom stereocenters. The van der Waals surface area contributed by atoms with E-state index >= 15 is 0 Å².